The molecule has 2 aromatic rings. The van der Waals surface area contributed by atoms with Gasteiger partial charge in [-0.3, -0.25) is 9.36 Å². The van der Waals surface area contributed by atoms with E-state index in [1.807, 2.05) is 38.1 Å². The maximum atomic E-state index is 11.8. The summed E-state index contributed by atoms with van der Waals surface area (Å²) in [6.07, 6.45) is 3.17. The first kappa shape index (κ1) is 9.65. The van der Waals surface area contributed by atoms with Gasteiger partial charge in [-0.05, 0) is 26.0 Å². The highest BCUT2D eigenvalue weighted by atomic mass is 16.1. The van der Waals surface area contributed by atoms with Gasteiger partial charge in [0.05, 0.1) is 11.0 Å². The largest absolute Gasteiger partial charge is 0.269 e. The zero-order chi connectivity index (χ0) is 10.8. The van der Waals surface area contributed by atoms with Crippen LogP contribution in [0.25, 0.3) is 11.0 Å². The lowest BCUT2D eigenvalue weighted by Crippen LogP contribution is -2.05. The highest BCUT2D eigenvalue weighted by Crippen LogP contribution is 2.11. The van der Waals surface area contributed by atoms with Gasteiger partial charge in [0.1, 0.15) is 6.33 Å². The highest BCUT2D eigenvalue weighted by molar-refractivity contribution is 5.96. The third kappa shape index (κ3) is 1.81. The number of rotatable bonds is 1. The quantitative estimate of drug-likeness (QED) is 0.663. The van der Waals surface area contributed by atoms with Gasteiger partial charge in [0.25, 0.3) is 5.91 Å². The number of allylic oxidation sites excluding steroid dienone is 2. The molecule has 0 spiro atoms. The smallest absolute Gasteiger partial charge is 0.256 e. The number of carbonyl (C=O) groups is 1. The molecule has 0 bridgehead atoms. The van der Waals surface area contributed by atoms with Crippen molar-refractivity contribution >= 4 is 16.9 Å². The topological polar surface area (TPSA) is 34.9 Å². The van der Waals surface area contributed by atoms with Crippen LogP contribution in [0.3, 0.4) is 0 Å². The highest BCUT2D eigenvalue weighted by Gasteiger charge is 2.06. The summed E-state index contributed by atoms with van der Waals surface area (Å²) >= 11 is 0. The Morgan fingerprint density at radius 2 is 2.07 bits per heavy atom. The molecular weight excluding hydrogens is 188 g/mol. The van der Waals surface area contributed by atoms with Crippen molar-refractivity contribution in [3.8, 4) is 0 Å². The number of hydrogen-bond donors (Lipinski definition) is 0. The Balaban J connectivity index is 2.53. The van der Waals surface area contributed by atoms with Gasteiger partial charge in [-0.25, -0.2) is 4.98 Å². The number of para-hydroxylation sites is 2. The number of hydrogen-bond acceptors (Lipinski definition) is 2. The summed E-state index contributed by atoms with van der Waals surface area (Å²) in [6, 6.07) is 7.59. The number of benzene rings is 1. The average Bonchev–Trinajstić information content (AvgIpc) is 2.59. The molecule has 3 nitrogen and oxygen atoms in total. The molecule has 0 aliphatic carbocycles. The van der Waals surface area contributed by atoms with Crippen molar-refractivity contribution in [1.82, 2.24) is 9.55 Å². The molecule has 0 saturated carbocycles. The van der Waals surface area contributed by atoms with Crippen LogP contribution in [0.1, 0.15) is 18.6 Å². The van der Waals surface area contributed by atoms with E-state index in [2.05, 4.69) is 4.98 Å². The fraction of sp³-hybridized carbons (Fsp3) is 0.167. The Hall–Kier alpha value is -1.90. The predicted molar refractivity (Wildman–Crippen MR) is 59.8 cm³/mol. The number of fused-ring (bicyclic) bond motifs is 1. The summed E-state index contributed by atoms with van der Waals surface area (Å²) in [5.41, 5.74) is 2.67. The molecule has 0 N–H and O–H groups in total. The van der Waals surface area contributed by atoms with E-state index in [1.165, 1.54) is 0 Å². The summed E-state index contributed by atoms with van der Waals surface area (Å²) in [7, 11) is 0. The fourth-order valence-electron chi connectivity index (χ4n) is 1.45. The fourth-order valence-corrected chi connectivity index (χ4v) is 1.45. The zero-order valence-corrected chi connectivity index (χ0v) is 8.77. The van der Waals surface area contributed by atoms with Gasteiger partial charge >= 0.3 is 0 Å². The van der Waals surface area contributed by atoms with Gasteiger partial charge in [0, 0.05) is 6.08 Å². The van der Waals surface area contributed by atoms with Gasteiger partial charge in [0.15, 0.2) is 0 Å². The first-order chi connectivity index (χ1) is 7.18. The first-order valence-electron chi connectivity index (χ1n) is 4.80. The second kappa shape index (κ2) is 3.69. The molecule has 2 rings (SSSR count). The maximum Gasteiger partial charge on any atom is 0.256 e. The van der Waals surface area contributed by atoms with Crippen LogP contribution in [0, 0.1) is 0 Å². The third-order valence-corrected chi connectivity index (χ3v) is 2.10. The van der Waals surface area contributed by atoms with Gasteiger partial charge in [-0.1, -0.05) is 17.7 Å². The van der Waals surface area contributed by atoms with E-state index in [1.54, 1.807) is 17.0 Å². The normalized spacial score (nSPS) is 10.3. The number of nitrogens with zero attached hydrogens (tertiary/aromatic N) is 2. The second-order valence-electron chi connectivity index (χ2n) is 3.66. The van der Waals surface area contributed by atoms with Crippen LogP contribution in [0.4, 0.5) is 0 Å². The Bertz CT molecular complexity index is 533. The van der Waals surface area contributed by atoms with Crippen molar-refractivity contribution in [3.05, 3.63) is 42.2 Å². The standard InChI is InChI=1S/C12H12N2O/c1-9(2)7-12(15)14-8-13-10-5-3-4-6-11(10)14/h3-8H,1-2H3. The summed E-state index contributed by atoms with van der Waals surface area (Å²) in [5, 5.41) is 0. The minimum absolute atomic E-state index is 0.0521. The van der Waals surface area contributed by atoms with Crippen molar-refractivity contribution in [2.75, 3.05) is 0 Å². The molecule has 76 valence electrons. The minimum atomic E-state index is -0.0521. The molecule has 0 saturated heterocycles. The summed E-state index contributed by atoms with van der Waals surface area (Å²) in [6.45, 7) is 3.80. The van der Waals surface area contributed by atoms with E-state index < -0.39 is 0 Å². The Morgan fingerprint density at radius 3 is 2.80 bits per heavy atom. The third-order valence-electron chi connectivity index (χ3n) is 2.10. The van der Waals surface area contributed by atoms with Crippen LogP contribution in [-0.4, -0.2) is 15.5 Å². The van der Waals surface area contributed by atoms with Crippen LogP contribution < -0.4 is 0 Å². The van der Waals surface area contributed by atoms with E-state index in [0.29, 0.717) is 0 Å². The van der Waals surface area contributed by atoms with Crippen LogP contribution in [-0.2, 0) is 0 Å². The molecule has 0 unspecified atom stereocenters. The van der Waals surface area contributed by atoms with E-state index in [0.717, 1.165) is 16.6 Å². The van der Waals surface area contributed by atoms with Crippen LogP contribution >= 0.6 is 0 Å². The van der Waals surface area contributed by atoms with Crippen molar-refractivity contribution < 1.29 is 4.79 Å². The lowest BCUT2D eigenvalue weighted by Gasteiger charge is -1.98. The maximum absolute atomic E-state index is 11.8. The second-order valence-corrected chi connectivity index (χ2v) is 3.66. The predicted octanol–water partition coefficient (Wildman–Crippen LogP) is 2.64. The van der Waals surface area contributed by atoms with Crippen molar-refractivity contribution in [1.29, 1.82) is 0 Å². The van der Waals surface area contributed by atoms with Crippen LogP contribution in [0.5, 0.6) is 0 Å². The van der Waals surface area contributed by atoms with E-state index in [9.17, 15) is 4.79 Å². The molecule has 0 aliphatic rings. The zero-order valence-electron chi connectivity index (χ0n) is 8.77. The van der Waals surface area contributed by atoms with Crippen molar-refractivity contribution in [2.24, 2.45) is 0 Å². The monoisotopic (exact) mass is 200 g/mol. The van der Waals surface area contributed by atoms with Crippen molar-refractivity contribution in [2.45, 2.75) is 13.8 Å². The average molecular weight is 200 g/mol. The lowest BCUT2D eigenvalue weighted by atomic mass is 10.3. The first-order valence-corrected chi connectivity index (χ1v) is 4.80. The Labute approximate surface area is 88.0 Å². The van der Waals surface area contributed by atoms with E-state index in [-0.39, 0.29) is 5.91 Å². The van der Waals surface area contributed by atoms with Gasteiger partial charge in [0.2, 0.25) is 0 Å². The van der Waals surface area contributed by atoms with E-state index in [4.69, 9.17) is 0 Å². The van der Waals surface area contributed by atoms with Crippen LogP contribution in [0.2, 0.25) is 0 Å². The molecule has 1 aromatic heterocycles. The molecule has 0 atom stereocenters. The molecule has 1 heterocycles. The number of carbonyl (C=O) groups excluding carboxylic acids is 1. The summed E-state index contributed by atoms with van der Waals surface area (Å²) in [4.78, 5) is 15.9. The molecule has 0 amide bonds. The SMILES string of the molecule is CC(C)=CC(=O)n1cnc2ccccc21. The van der Waals surface area contributed by atoms with Crippen LogP contribution in [0.15, 0.2) is 42.2 Å². The number of aromatic nitrogens is 2. The summed E-state index contributed by atoms with van der Waals surface area (Å²) in [5.74, 6) is -0.0521. The molecular formula is C12H12N2O. The Morgan fingerprint density at radius 1 is 1.33 bits per heavy atom. The summed E-state index contributed by atoms with van der Waals surface area (Å²) < 4.78 is 1.56. The lowest BCUT2D eigenvalue weighted by molar-refractivity contribution is 0.0972. The van der Waals surface area contributed by atoms with Crippen molar-refractivity contribution in [3.63, 3.8) is 0 Å². The molecule has 15 heavy (non-hydrogen) atoms. The molecule has 1 aromatic carbocycles. The molecule has 0 radical (unpaired) electrons. The molecule has 3 heteroatoms. The Kier molecular flexibility index (Phi) is 2.37. The minimum Gasteiger partial charge on any atom is -0.269 e. The van der Waals surface area contributed by atoms with Gasteiger partial charge in [-0.15, -0.1) is 0 Å². The molecule has 0 aliphatic heterocycles. The van der Waals surface area contributed by atoms with Gasteiger partial charge in [-0.2, -0.15) is 0 Å². The molecule has 0 fully saturated rings. The van der Waals surface area contributed by atoms with Gasteiger partial charge < -0.3 is 0 Å². The van der Waals surface area contributed by atoms with E-state index >= 15 is 0 Å². The number of imidazole rings is 1.